The summed E-state index contributed by atoms with van der Waals surface area (Å²) < 4.78 is 11.0. The number of benzene rings is 2. The molecule has 2 N–H and O–H groups in total. The molecule has 152 valence electrons. The van der Waals surface area contributed by atoms with Crippen molar-refractivity contribution in [1.29, 1.82) is 0 Å². The minimum atomic E-state index is -0.548. The average molecular weight is 397 g/mol. The second-order valence-electron chi connectivity index (χ2n) is 6.46. The van der Waals surface area contributed by atoms with Gasteiger partial charge in [-0.2, -0.15) is 0 Å². The Morgan fingerprint density at radius 3 is 2.72 bits per heavy atom. The summed E-state index contributed by atoms with van der Waals surface area (Å²) in [5, 5.41) is 0. The van der Waals surface area contributed by atoms with Crippen LogP contribution in [0.1, 0.15) is 40.9 Å². The van der Waals surface area contributed by atoms with E-state index in [1.165, 1.54) is 0 Å². The normalized spacial score (nSPS) is 13.4. The Bertz CT molecular complexity index is 915. The lowest BCUT2D eigenvalue weighted by Gasteiger charge is -2.28. The first-order valence-corrected chi connectivity index (χ1v) is 9.26. The highest BCUT2D eigenvalue weighted by Gasteiger charge is 2.34. The fraction of sp³-hybridized carbons (Fsp3) is 0.286. The third-order valence-electron chi connectivity index (χ3n) is 4.75. The van der Waals surface area contributed by atoms with Gasteiger partial charge in [-0.05, 0) is 36.2 Å². The minimum Gasteiger partial charge on any atom is -0.493 e. The lowest BCUT2D eigenvalue weighted by Crippen LogP contribution is -2.39. The zero-order valence-electron chi connectivity index (χ0n) is 16.3. The molecular weight excluding hydrogens is 374 g/mol. The fourth-order valence-corrected chi connectivity index (χ4v) is 3.44. The third kappa shape index (κ3) is 4.31. The van der Waals surface area contributed by atoms with Crippen LogP contribution < -0.4 is 20.3 Å². The maximum Gasteiger partial charge on any atom is 0.255 e. The van der Waals surface area contributed by atoms with Crippen molar-refractivity contribution in [3.63, 3.8) is 0 Å². The predicted octanol–water partition coefficient (Wildman–Crippen LogP) is 1.96. The smallest absolute Gasteiger partial charge is 0.255 e. The number of methoxy groups -OCH3 is 1. The van der Waals surface area contributed by atoms with Crippen LogP contribution in [0, 0.1) is 0 Å². The van der Waals surface area contributed by atoms with E-state index in [1.807, 2.05) is 31.2 Å². The Morgan fingerprint density at radius 1 is 1.24 bits per heavy atom. The highest BCUT2D eigenvalue weighted by Crippen LogP contribution is 2.37. The minimum absolute atomic E-state index is 0.0293. The van der Waals surface area contributed by atoms with Gasteiger partial charge in [-0.1, -0.05) is 24.3 Å². The number of carbonyl (C=O) groups is 3. The lowest BCUT2D eigenvalue weighted by atomic mass is 10.0. The van der Waals surface area contributed by atoms with Crippen LogP contribution in [-0.2, 0) is 16.1 Å². The zero-order chi connectivity index (χ0) is 20.8. The van der Waals surface area contributed by atoms with Crippen molar-refractivity contribution in [3.05, 3.63) is 59.2 Å². The summed E-state index contributed by atoms with van der Waals surface area (Å²) in [6, 6.07) is 12.2. The first-order chi connectivity index (χ1) is 14.1. The molecule has 0 aromatic heterocycles. The van der Waals surface area contributed by atoms with Gasteiger partial charge in [-0.25, -0.2) is 0 Å². The summed E-state index contributed by atoms with van der Waals surface area (Å²) in [4.78, 5) is 37.5. The number of nitrogens with zero attached hydrogens (tertiary/aromatic N) is 1. The van der Waals surface area contributed by atoms with Gasteiger partial charge in [0.05, 0.1) is 26.2 Å². The van der Waals surface area contributed by atoms with Crippen LogP contribution in [-0.4, -0.2) is 36.8 Å². The number of hydrogen-bond donors (Lipinski definition) is 2. The van der Waals surface area contributed by atoms with E-state index < -0.39 is 11.9 Å². The molecule has 2 aromatic carbocycles. The van der Waals surface area contributed by atoms with Gasteiger partial charge in [-0.3, -0.25) is 25.2 Å². The van der Waals surface area contributed by atoms with E-state index in [0.717, 1.165) is 11.1 Å². The van der Waals surface area contributed by atoms with Crippen molar-refractivity contribution in [2.75, 3.05) is 13.7 Å². The Labute approximate surface area is 168 Å². The number of hydrazine groups is 1. The van der Waals surface area contributed by atoms with E-state index in [4.69, 9.17) is 9.47 Å². The molecule has 0 saturated carbocycles. The quantitative estimate of drug-likeness (QED) is 0.498. The number of rotatable bonds is 9. The van der Waals surface area contributed by atoms with Gasteiger partial charge in [0, 0.05) is 12.1 Å². The van der Waals surface area contributed by atoms with E-state index in [0.29, 0.717) is 36.6 Å². The van der Waals surface area contributed by atoms with Crippen molar-refractivity contribution >= 4 is 18.2 Å². The number of carbonyl (C=O) groups excluding carboxylic acids is 3. The molecule has 0 fully saturated rings. The molecule has 2 aromatic rings. The largest absolute Gasteiger partial charge is 0.493 e. The van der Waals surface area contributed by atoms with Crippen molar-refractivity contribution < 1.29 is 23.9 Å². The Balaban J connectivity index is 1.96. The molecule has 0 saturated heterocycles. The second kappa shape index (κ2) is 9.09. The SMILES string of the molecule is CCOc1cc(C(CC(=O)NNC=O)N2Cc3ccccc3C2=O)ccc1OC. The Kier molecular flexibility index (Phi) is 6.33. The molecule has 1 unspecified atom stereocenters. The van der Waals surface area contributed by atoms with E-state index in [1.54, 1.807) is 30.2 Å². The van der Waals surface area contributed by atoms with E-state index >= 15 is 0 Å². The van der Waals surface area contributed by atoms with E-state index in [9.17, 15) is 14.4 Å². The first-order valence-electron chi connectivity index (χ1n) is 9.26. The highest BCUT2D eigenvalue weighted by atomic mass is 16.5. The Morgan fingerprint density at radius 2 is 2.03 bits per heavy atom. The predicted molar refractivity (Wildman–Crippen MR) is 105 cm³/mol. The molecule has 1 aliphatic heterocycles. The molecule has 8 nitrogen and oxygen atoms in total. The lowest BCUT2D eigenvalue weighted by molar-refractivity contribution is -0.125. The molecule has 3 amide bonds. The molecule has 3 rings (SSSR count). The topological polar surface area (TPSA) is 97.0 Å². The second-order valence-corrected chi connectivity index (χ2v) is 6.46. The van der Waals surface area contributed by atoms with Gasteiger partial charge >= 0.3 is 0 Å². The van der Waals surface area contributed by atoms with Gasteiger partial charge in [0.25, 0.3) is 5.91 Å². The molecule has 1 aliphatic rings. The van der Waals surface area contributed by atoms with E-state index in [2.05, 4.69) is 10.9 Å². The number of fused-ring (bicyclic) bond motifs is 1. The molecule has 1 heterocycles. The monoisotopic (exact) mass is 397 g/mol. The number of ether oxygens (including phenoxy) is 2. The molecular formula is C21H23N3O5. The molecule has 29 heavy (non-hydrogen) atoms. The molecule has 0 aliphatic carbocycles. The summed E-state index contributed by atoms with van der Waals surface area (Å²) >= 11 is 0. The molecule has 0 radical (unpaired) electrons. The number of hydrogen-bond acceptors (Lipinski definition) is 5. The number of nitrogens with one attached hydrogen (secondary N) is 2. The average Bonchev–Trinajstić information content (AvgIpc) is 3.07. The maximum absolute atomic E-state index is 13.0. The van der Waals surface area contributed by atoms with Crippen LogP contribution >= 0.6 is 0 Å². The van der Waals surface area contributed by atoms with Crippen LogP contribution in [0.15, 0.2) is 42.5 Å². The Hall–Kier alpha value is -3.55. The molecule has 0 spiro atoms. The highest BCUT2D eigenvalue weighted by molar-refractivity contribution is 5.98. The van der Waals surface area contributed by atoms with Crippen LogP contribution in [0.3, 0.4) is 0 Å². The molecule has 1 atom stereocenters. The summed E-state index contributed by atoms with van der Waals surface area (Å²) in [7, 11) is 1.55. The van der Waals surface area contributed by atoms with Crippen LogP contribution in [0.25, 0.3) is 0 Å². The molecule has 0 bridgehead atoms. The summed E-state index contributed by atoms with van der Waals surface area (Å²) in [5.74, 6) is 0.542. The summed E-state index contributed by atoms with van der Waals surface area (Å²) in [5.41, 5.74) is 6.72. The summed E-state index contributed by atoms with van der Waals surface area (Å²) in [6.45, 7) is 2.70. The van der Waals surface area contributed by atoms with Gasteiger partial charge in [0.15, 0.2) is 11.5 Å². The standard InChI is InChI=1S/C21H23N3O5/c1-3-29-19-10-14(8-9-18(19)28-2)17(11-20(26)23-22-13-25)24-12-15-6-4-5-7-16(15)21(24)27/h4-10,13,17H,3,11-12H2,1-2H3,(H,22,25)(H,23,26). The summed E-state index contributed by atoms with van der Waals surface area (Å²) in [6.07, 6.45) is 0.350. The fourth-order valence-electron chi connectivity index (χ4n) is 3.44. The van der Waals surface area contributed by atoms with Gasteiger partial charge in [0.1, 0.15) is 0 Å². The van der Waals surface area contributed by atoms with Crippen LogP contribution in [0.4, 0.5) is 0 Å². The van der Waals surface area contributed by atoms with E-state index in [-0.39, 0.29) is 12.3 Å². The van der Waals surface area contributed by atoms with Crippen molar-refractivity contribution in [3.8, 4) is 11.5 Å². The van der Waals surface area contributed by atoms with Crippen molar-refractivity contribution in [2.24, 2.45) is 0 Å². The van der Waals surface area contributed by atoms with Crippen molar-refractivity contribution in [1.82, 2.24) is 15.8 Å². The van der Waals surface area contributed by atoms with Gasteiger partial charge in [0.2, 0.25) is 12.3 Å². The van der Waals surface area contributed by atoms with Crippen LogP contribution in [0.5, 0.6) is 11.5 Å². The third-order valence-corrected chi connectivity index (χ3v) is 4.75. The van der Waals surface area contributed by atoms with Gasteiger partial charge in [-0.15, -0.1) is 0 Å². The first kappa shape index (κ1) is 20.2. The van der Waals surface area contributed by atoms with Gasteiger partial charge < -0.3 is 14.4 Å². The zero-order valence-corrected chi connectivity index (χ0v) is 16.3. The number of amides is 3. The molecule has 8 heteroatoms. The van der Waals surface area contributed by atoms with Crippen molar-refractivity contribution in [2.45, 2.75) is 25.9 Å². The maximum atomic E-state index is 13.0. The van der Waals surface area contributed by atoms with Crippen LogP contribution in [0.2, 0.25) is 0 Å².